The zero-order chi connectivity index (χ0) is 16.7. The average molecular weight is 369 g/mol. The number of hydrogen-bond acceptors (Lipinski definition) is 4. The number of amides is 1. The van der Waals surface area contributed by atoms with Crippen LogP contribution in [0.1, 0.15) is 30.2 Å². The Balaban J connectivity index is 0.00000288. The van der Waals surface area contributed by atoms with E-state index < -0.39 is 6.04 Å². The summed E-state index contributed by atoms with van der Waals surface area (Å²) >= 11 is 1.65. The molecule has 0 saturated heterocycles. The number of para-hydroxylation sites is 1. The normalized spacial score (nSPS) is 11.5. The van der Waals surface area contributed by atoms with Gasteiger partial charge in [-0.05, 0) is 23.9 Å². The Labute approximate surface area is 154 Å². The smallest absolute Gasteiger partial charge is 0.240 e. The molecule has 1 amide bonds. The number of ether oxygens (including phenoxy) is 1. The summed E-state index contributed by atoms with van der Waals surface area (Å²) in [6, 6.07) is 11.4. The van der Waals surface area contributed by atoms with Gasteiger partial charge in [0.1, 0.15) is 5.75 Å². The van der Waals surface area contributed by atoms with E-state index in [0.717, 1.165) is 22.6 Å². The van der Waals surface area contributed by atoms with E-state index in [2.05, 4.69) is 0 Å². The molecule has 1 unspecified atom stereocenters. The quantitative estimate of drug-likeness (QED) is 0.770. The molecule has 1 aromatic heterocycles. The molecule has 6 heteroatoms. The third kappa shape index (κ3) is 5.51. The molecule has 0 aliphatic rings. The molecular weight excluding hydrogens is 344 g/mol. The molecule has 4 nitrogen and oxygen atoms in total. The van der Waals surface area contributed by atoms with Crippen molar-refractivity contribution in [3.05, 3.63) is 52.2 Å². The Morgan fingerprint density at radius 2 is 2.00 bits per heavy atom. The molecule has 1 aromatic carbocycles. The minimum absolute atomic E-state index is 0. The van der Waals surface area contributed by atoms with Crippen LogP contribution in [0.2, 0.25) is 0 Å². The minimum Gasteiger partial charge on any atom is -0.496 e. The number of halogens is 1. The first-order valence-electron chi connectivity index (χ1n) is 7.84. The van der Waals surface area contributed by atoms with Crippen LogP contribution in [0.4, 0.5) is 0 Å². The number of nitrogens with two attached hydrogens (primary N) is 1. The van der Waals surface area contributed by atoms with Crippen LogP contribution in [0.3, 0.4) is 0 Å². The Kier molecular flexibility index (Phi) is 8.82. The largest absolute Gasteiger partial charge is 0.496 e. The molecule has 2 rings (SSSR count). The number of thiophene rings is 1. The van der Waals surface area contributed by atoms with E-state index in [1.807, 2.05) is 53.6 Å². The standard InChI is InChI=1S/C18H24N2O2S.ClH/c1-3-7-16(19)18(21)20(13-15-9-6-11-23-15)12-14-8-4-5-10-17(14)22-2;/h4-6,8-11,16H,3,7,12-13,19H2,1-2H3;1H. The molecule has 24 heavy (non-hydrogen) atoms. The van der Waals surface area contributed by atoms with Crippen molar-refractivity contribution < 1.29 is 9.53 Å². The molecule has 2 aromatic rings. The van der Waals surface area contributed by atoms with Gasteiger partial charge < -0.3 is 15.4 Å². The highest BCUT2D eigenvalue weighted by molar-refractivity contribution is 7.09. The van der Waals surface area contributed by atoms with Crippen molar-refractivity contribution in [2.45, 2.75) is 38.9 Å². The maximum atomic E-state index is 12.7. The van der Waals surface area contributed by atoms with E-state index >= 15 is 0 Å². The van der Waals surface area contributed by atoms with E-state index in [-0.39, 0.29) is 18.3 Å². The number of methoxy groups -OCH3 is 1. The highest BCUT2D eigenvalue weighted by atomic mass is 35.5. The average Bonchev–Trinajstić information content (AvgIpc) is 3.07. The summed E-state index contributed by atoms with van der Waals surface area (Å²) in [5, 5.41) is 2.02. The second kappa shape index (κ2) is 10.3. The van der Waals surface area contributed by atoms with Gasteiger partial charge in [-0.2, -0.15) is 0 Å². The maximum absolute atomic E-state index is 12.7. The molecule has 132 valence electrons. The van der Waals surface area contributed by atoms with Crippen LogP contribution in [-0.4, -0.2) is 24.0 Å². The van der Waals surface area contributed by atoms with Crippen molar-refractivity contribution in [2.75, 3.05) is 7.11 Å². The summed E-state index contributed by atoms with van der Waals surface area (Å²) in [6.45, 7) is 3.11. The van der Waals surface area contributed by atoms with Crippen LogP contribution in [0, 0.1) is 0 Å². The number of hydrogen-bond donors (Lipinski definition) is 1. The lowest BCUT2D eigenvalue weighted by Gasteiger charge is -2.26. The van der Waals surface area contributed by atoms with Crippen molar-refractivity contribution in [1.29, 1.82) is 0 Å². The van der Waals surface area contributed by atoms with Crippen molar-refractivity contribution in [3.8, 4) is 5.75 Å². The van der Waals surface area contributed by atoms with Crippen molar-refractivity contribution in [3.63, 3.8) is 0 Å². The lowest BCUT2D eigenvalue weighted by atomic mass is 10.1. The van der Waals surface area contributed by atoms with Gasteiger partial charge in [0.25, 0.3) is 0 Å². The second-order valence-corrected chi connectivity index (χ2v) is 6.51. The van der Waals surface area contributed by atoms with E-state index in [4.69, 9.17) is 10.5 Å². The van der Waals surface area contributed by atoms with Gasteiger partial charge in [-0.1, -0.05) is 37.6 Å². The fraction of sp³-hybridized carbons (Fsp3) is 0.389. The third-order valence-electron chi connectivity index (χ3n) is 3.71. The molecule has 2 N–H and O–H groups in total. The number of carbonyl (C=O) groups excluding carboxylic acids is 1. The van der Waals surface area contributed by atoms with Crippen LogP contribution in [0.15, 0.2) is 41.8 Å². The summed E-state index contributed by atoms with van der Waals surface area (Å²) in [7, 11) is 1.65. The zero-order valence-electron chi connectivity index (χ0n) is 14.1. The summed E-state index contributed by atoms with van der Waals surface area (Å²) < 4.78 is 5.40. The van der Waals surface area contributed by atoms with Crippen molar-refractivity contribution in [1.82, 2.24) is 4.90 Å². The molecule has 0 fully saturated rings. The van der Waals surface area contributed by atoms with Gasteiger partial charge in [0.2, 0.25) is 5.91 Å². The summed E-state index contributed by atoms with van der Waals surface area (Å²) in [4.78, 5) is 15.7. The number of carbonyl (C=O) groups is 1. The van der Waals surface area contributed by atoms with Gasteiger partial charge in [0, 0.05) is 17.0 Å². The van der Waals surface area contributed by atoms with Gasteiger partial charge in [-0.15, -0.1) is 23.7 Å². The topological polar surface area (TPSA) is 55.6 Å². The van der Waals surface area contributed by atoms with Gasteiger partial charge in [0.05, 0.1) is 19.7 Å². The lowest BCUT2D eigenvalue weighted by Crippen LogP contribution is -2.42. The molecule has 0 aliphatic carbocycles. The van der Waals surface area contributed by atoms with Gasteiger partial charge >= 0.3 is 0 Å². The summed E-state index contributed by atoms with van der Waals surface area (Å²) in [5.74, 6) is 0.784. The number of rotatable bonds is 8. The van der Waals surface area contributed by atoms with E-state index in [1.54, 1.807) is 18.4 Å². The Bertz CT molecular complexity index is 619. The van der Waals surface area contributed by atoms with Crippen molar-refractivity contribution >= 4 is 29.7 Å². The number of benzene rings is 1. The Hall–Kier alpha value is -1.56. The van der Waals surface area contributed by atoms with E-state index in [1.165, 1.54) is 0 Å². The predicted octanol–water partition coefficient (Wildman–Crippen LogP) is 3.83. The highest BCUT2D eigenvalue weighted by Crippen LogP contribution is 2.22. The molecule has 0 aliphatic heterocycles. The van der Waals surface area contributed by atoms with E-state index in [0.29, 0.717) is 19.5 Å². The lowest BCUT2D eigenvalue weighted by molar-refractivity contribution is -0.134. The van der Waals surface area contributed by atoms with Crippen molar-refractivity contribution in [2.24, 2.45) is 5.73 Å². The first-order chi connectivity index (χ1) is 11.2. The SMILES string of the molecule is CCCC(N)C(=O)N(Cc1cccs1)Cc1ccccc1OC.Cl. The van der Waals surface area contributed by atoms with Gasteiger partial charge in [-0.3, -0.25) is 4.79 Å². The fourth-order valence-electron chi connectivity index (χ4n) is 2.51. The zero-order valence-corrected chi connectivity index (χ0v) is 15.7. The summed E-state index contributed by atoms with van der Waals surface area (Å²) in [6.07, 6.45) is 1.60. The monoisotopic (exact) mass is 368 g/mol. The fourth-order valence-corrected chi connectivity index (χ4v) is 3.23. The minimum atomic E-state index is -0.449. The number of nitrogens with zero attached hydrogens (tertiary/aromatic N) is 1. The molecular formula is C18H25ClN2O2S. The Morgan fingerprint density at radius 3 is 2.62 bits per heavy atom. The van der Waals surface area contributed by atoms with Gasteiger partial charge in [-0.25, -0.2) is 0 Å². The van der Waals surface area contributed by atoms with E-state index in [9.17, 15) is 4.79 Å². The molecule has 0 bridgehead atoms. The molecule has 1 heterocycles. The van der Waals surface area contributed by atoms with Crippen LogP contribution in [0.5, 0.6) is 5.75 Å². The highest BCUT2D eigenvalue weighted by Gasteiger charge is 2.22. The van der Waals surface area contributed by atoms with Gasteiger partial charge in [0.15, 0.2) is 0 Å². The molecule has 1 atom stereocenters. The maximum Gasteiger partial charge on any atom is 0.240 e. The first kappa shape index (κ1) is 20.5. The summed E-state index contributed by atoms with van der Waals surface area (Å²) in [5.41, 5.74) is 7.05. The molecule has 0 radical (unpaired) electrons. The van der Waals surface area contributed by atoms with Crippen LogP contribution in [-0.2, 0) is 17.9 Å². The molecule has 0 spiro atoms. The first-order valence-corrected chi connectivity index (χ1v) is 8.72. The second-order valence-electron chi connectivity index (χ2n) is 5.48. The molecule has 0 saturated carbocycles. The third-order valence-corrected chi connectivity index (χ3v) is 4.57. The van der Waals surface area contributed by atoms with Crippen LogP contribution >= 0.6 is 23.7 Å². The van der Waals surface area contributed by atoms with Crippen LogP contribution < -0.4 is 10.5 Å². The predicted molar refractivity (Wildman–Crippen MR) is 102 cm³/mol. The van der Waals surface area contributed by atoms with Crippen LogP contribution in [0.25, 0.3) is 0 Å². The Morgan fingerprint density at radius 1 is 1.25 bits per heavy atom.